The molecule has 1 amide bonds. The van der Waals surface area contributed by atoms with Gasteiger partial charge in [0.1, 0.15) is 17.7 Å². The number of fused-ring (bicyclic) bond motifs is 1. The molecule has 7 nitrogen and oxygen atoms in total. The van der Waals surface area contributed by atoms with Crippen molar-refractivity contribution in [3.8, 4) is 6.07 Å². The predicted molar refractivity (Wildman–Crippen MR) is 81.8 cm³/mol. The average Bonchev–Trinajstić information content (AvgIpc) is 2.96. The number of hydrogen-bond acceptors (Lipinski definition) is 5. The number of rotatable bonds is 3. The number of anilines is 1. The van der Waals surface area contributed by atoms with Gasteiger partial charge in [0.15, 0.2) is 5.65 Å². The van der Waals surface area contributed by atoms with Gasteiger partial charge in [0.2, 0.25) is 0 Å². The highest BCUT2D eigenvalue weighted by atomic mass is 19.1. The van der Waals surface area contributed by atoms with Crippen LogP contribution in [-0.4, -0.2) is 26.3 Å². The molecule has 0 unspecified atom stereocenters. The summed E-state index contributed by atoms with van der Waals surface area (Å²) in [6.07, 6.45) is 1.47. The molecule has 2 aromatic heterocycles. The molecule has 3 aromatic rings. The van der Waals surface area contributed by atoms with Crippen LogP contribution >= 0.6 is 0 Å². The van der Waals surface area contributed by atoms with Gasteiger partial charge in [-0.1, -0.05) is 0 Å². The molecule has 0 fully saturated rings. The smallest absolute Gasteiger partial charge is 0.297 e. The summed E-state index contributed by atoms with van der Waals surface area (Å²) >= 11 is 0. The first-order valence-corrected chi connectivity index (χ1v) is 6.86. The van der Waals surface area contributed by atoms with Crippen LogP contribution in [0.4, 0.5) is 10.2 Å². The molecule has 1 aromatic carbocycles. The number of nitriles is 1. The summed E-state index contributed by atoms with van der Waals surface area (Å²) in [5.41, 5.74) is 0.842. The van der Waals surface area contributed by atoms with Gasteiger partial charge in [-0.2, -0.15) is 14.9 Å². The van der Waals surface area contributed by atoms with Gasteiger partial charge in [0.05, 0.1) is 11.3 Å². The zero-order valence-corrected chi connectivity index (χ0v) is 12.4. The molecule has 0 aliphatic heterocycles. The number of nitrogens with zero attached hydrogens (tertiary/aromatic N) is 4. The number of carbonyl (C=O) groups is 2. The molecule has 0 aliphatic carbocycles. The van der Waals surface area contributed by atoms with E-state index in [0.29, 0.717) is 11.3 Å². The van der Waals surface area contributed by atoms with E-state index >= 15 is 0 Å². The molecule has 0 saturated carbocycles. The van der Waals surface area contributed by atoms with Crippen molar-refractivity contribution in [2.45, 2.75) is 6.92 Å². The molecule has 8 heteroatoms. The van der Waals surface area contributed by atoms with Crippen molar-refractivity contribution in [1.82, 2.24) is 14.6 Å². The number of amides is 1. The van der Waals surface area contributed by atoms with Crippen LogP contribution in [0.5, 0.6) is 0 Å². The van der Waals surface area contributed by atoms with Gasteiger partial charge < -0.3 is 5.32 Å². The highest BCUT2D eigenvalue weighted by Gasteiger charge is 2.19. The van der Waals surface area contributed by atoms with Gasteiger partial charge in [-0.15, -0.1) is 0 Å². The molecule has 0 atom stereocenters. The Morgan fingerprint density at radius 2 is 2.08 bits per heavy atom. The van der Waals surface area contributed by atoms with Gasteiger partial charge in [-0.25, -0.2) is 9.37 Å². The maximum absolute atomic E-state index is 13.3. The van der Waals surface area contributed by atoms with Crippen LogP contribution in [0.2, 0.25) is 0 Å². The van der Waals surface area contributed by atoms with E-state index in [2.05, 4.69) is 15.4 Å². The van der Waals surface area contributed by atoms with E-state index in [9.17, 15) is 14.0 Å². The Morgan fingerprint density at radius 1 is 1.29 bits per heavy atom. The molecule has 0 bridgehead atoms. The standard InChI is InChI=1S/C16H10FN5O2/c1-9-6-14-19-5-4-13(22(14)21-9)20-16(24)15(23)10-2-3-12(17)11(7-10)8-18/h2-7H,1H3,(H,20,24). The van der Waals surface area contributed by atoms with E-state index in [4.69, 9.17) is 5.26 Å². The Labute approximate surface area is 135 Å². The zero-order valence-electron chi connectivity index (χ0n) is 12.4. The number of aryl methyl sites for hydroxylation is 1. The van der Waals surface area contributed by atoms with E-state index in [1.54, 1.807) is 19.1 Å². The van der Waals surface area contributed by atoms with Gasteiger partial charge in [0.25, 0.3) is 11.7 Å². The van der Waals surface area contributed by atoms with Crippen molar-refractivity contribution in [2.75, 3.05) is 5.32 Å². The monoisotopic (exact) mass is 323 g/mol. The van der Waals surface area contributed by atoms with Crippen LogP contribution in [0.3, 0.4) is 0 Å². The van der Waals surface area contributed by atoms with Crippen LogP contribution in [0.25, 0.3) is 5.65 Å². The van der Waals surface area contributed by atoms with Gasteiger partial charge >= 0.3 is 0 Å². The highest BCUT2D eigenvalue weighted by molar-refractivity contribution is 6.46. The minimum atomic E-state index is -0.925. The van der Waals surface area contributed by atoms with Crippen molar-refractivity contribution in [3.63, 3.8) is 0 Å². The number of Topliss-reactive ketones (excluding diaryl/α,β-unsaturated/α-hetero) is 1. The lowest BCUT2D eigenvalue weighted by Gasteiger charge is -2.06. The van der Waals surface area contributed by atoms with Crippen LogP contribution in [0.15, 0.2) is 36.5 Å². The van der Waals surface area contributed by atoms with Gasteiger partial charge in [-0.3, -0.25) is 9.59 Å². The summed E-state index contributed by atoms with van der Waals surface area (Å²) in [5.74, 6) is -2.29. The van der Waals surface area contributed by atoms with Gasteiger partial charge in [-0.05, 0) is 31.2 Å². The first-order valence-electron chi connectivity index (χ1n) is 6.86. The first kappa shape index (κ1) is 15.3. The quantitative estimate of drug-likeness (QED) is 0.586. The fraction of sp³-hybridized carbons (Fsp3) is 0.0625. The van der Waals surface area contributed by atoms with Crippen LogP contribution in [-0.2, 0) is 4.79 Å². The Hall–Kier alpha value is -3.60. The molecular weight excluding hydrogens is 313 g/mol. The van der Waals surface area contributed by atoms with Crippen molar-refractivity contribution < 1.29 is 14.0 Å². The summed E-state index contributed by atoms with van der Waals surface area (Å²) in [6.45, 7) is 1.77. The van der Waals surface area contributed by atoms with E-state index in [0.717, 1.165) is 18.2 Å². The summed E-state index contributed by atoms with van der Waals surface area (Å²) < 4.78 is 14.7. The van der Waals surface area contributed by atoms with Crippen molar-refractivity contribution in [2.24, 2.45) is 0 Å². The van der Waals surface area contributed by atoms with E-state index < -0.39 is 17.5 Å². The molecule has 0 aliphatic rings. The molecular formula is C16H10FN5O2. The lowest BCUT2D eigenvalue weighted by Crippen LogP contribution is -2.24. The maximum atomic E-state index is 13.3. The third-order valence-corrected chi connectivity index (χ3v) is 3.28. The number of benzene rings is 1. The van der Waals surface area contributed by atoms with Crippen molar-refractivity contribution in [3.05, 3.63) is 59.2 Å². The van der Waals surface area contributed by atoms with Crippen molar-refractivity contribution >= 4 is 23.2 Å². The average molecular weight is 323 g/mol. The van der Waals surface area contributed by atoms with Crippen LogP contribution < -0.4 is 5.32 Å². The molecule has 0 spiro atoms. The minimum Gasteiger partial charge on any atom is -0.304 e. The summed E-state index contributed by atoms with van der Waals surface area (Å²) in [5, 5.41) is 15.4. The fourth-order valence-electron chi connectivity index (χ4n) is 2.16. The molecule has 0 saturated heterocycles. The number of halogens is 1. The molecule has 0 radical (unpaired) electrons. The SMILES string of the molecule is Cc1cc2nccc(NC(=O)C(=O)c3ccc(F)c(C#N)c3)n2n1. The summed E-state index contributed by atoms with van der Waals surface area (Å²) in [4.78, 5) is 28.4. The lowest BCUT2D eigenvalue weighted by atomic mass is 10.1. The second-order valence-corrected chi connectivity index (χ2v) is 4.98. The van der Waals surface area contributed by atoms with Crippen molar-refractivity contribution in [1.29, 1.82) is 5.26 Å². The number of nitrogens with one attached hydrogen (secondary N) is 1. The second-order valence-electron chi connectivity index (χ2n) is 4.98. The third-order valence-electron chi connectivity index (χ3n) is 3.28. The van der Waals surface area contributed by atoms with E-state index in [-0.39, 0.29) is 16.9 Å². The molecule has 3 rings (SSSR count). The Kier molecular flexibility index (Phi) is 3.75. The molecule has 2 heterocycles. The predicted octanol–water partition coefficient (Wildman–Crippen LogP) is 1.87. The lowest BCUT2D eigenvalue weighted by molar-refractivity contribution is -0.112. The minimum absolute atomic E-state index is 0.0765. The van der Waals surface area contributed by atoms with Gasteiger partial charge in [0, 0.05) is 17.8 Å². The number of aromatic nitrogens is 3. The highest BCUT2D eigenvalue weighted by Crippen LogP contribution is 2.13. The van der Waals surface area contributed by atoms with Crippen LogP contribution in [0, 0.1) is 24.1 Å². The molecule has 118 valence electrons. The fourth-order valence-corrected chi connectivity index (χ4v) is 2.16. The maximum Gasteiger partial charge on any atom is 0.297 e. The number of hydrogen-bond donors (Lipinski definition) is 1. The number of carbonyl (C=O) groups excluding carboxylic acids is 2. The first-order chi connectivity index (χ1) is 11.5. The zero-order chi connectivity index (χ0) is 17.3. The molecule has 1 N–H and O–H groups in total. The number of ketones is 1. The van der Waals surface area contributed by atoms with E-state index in [1.807, 2.05) is 0 Å². The second kappa shape index (κ2) is 5.89. The summed E-state index contributed by atoms with van der Waals surface area (Å²) in [6, 6.07) is 8.00. The summed E-state index contributed by atoms with van der Waals surface area (Å²) in [7, 11) is 0. The Morgan fingerprint density at radius 3 is 2.83 bits per heavy atom. The Balaban J connectivity index is 1.89. The topological polar surface area (TPSA) is 100 Å². The Bertz CT molecular complexity index is 1020. The molecule has 24 heavy (non-hydrogen) atoms. The third kappa shape index (κ3) is 2.70. The normalized spacial score (nSPS) is 10.4. The van der Waals surface area contributed by atoms with Crippen LogP contribution in [0.1, 0.15) is 21.6 Å². The van der Waals surface area contributed by atoms with E-state index in [1.165, 1.54) is 16.8 Å². The largest absolute Gasteiger partial charge is 0.304 e.